The molecule has 0 saturated carbocycles. The van der Waals surface area contributed by atoms with Gasteiger partial charge in [0, 0.05) is 11.3 Å². The van der Waals surface area contributed by atoms with Crippen molar-refractivity contribution in [3.8, 4) is 11.4 Å². The first-order chi connectivity index (χ1) is 8.70. The first-order valence-corrected chi connectivity index (χ1v) is 5.54. The van der Waals surface area contributed by atoms with Crippen molar-refractivity contribution in [1.29, 1.82) is 0 Å². The van der Waals surface area contributed by atoms with Gasteiger partial charge in [-0.15, -0.1) is 10.2 Å². The Morgan fingerprint density at radius 1 is 1.56 bits per heavy atom. The summed E-state index contributed by atoms with van der Waals surface area (Å²) in [7, 11) is 0. The second-order valence-corrected chi connectivity index (χ2v) is 3.76. The number of carboxylic acids is 1. The predicted octanol–water partition coefficient (Wildman–Crippen LogP) is 1.14. The van der Waals surface area contributed by atoms with E-state index in [1.165, 1.54) is 0 Å². The highest BCUT2D eigenvalue weighted by atomic mass is 16.4. The number of tetrazole rings is 1. The van der Waals surface area contributed by atoms with Gasteiger partial charge in [-0.1, -0.05) is 19.1 Å². The summed E-state index contributed by atoms with van der Waals surface area (Å²) < 4.78 is 0. The minimum absolute atomic E-state index is 0.474. The normalized spacial score (nSPS) is 12.1. The van der Waals surface area contributed by atoms with Crippen molar-refractivity contribution >= 4 is 11.7 Å². The highest BCUT2D eigenvalue weighted by molar-refractivity contribution is 5.77. The second-order valence-electron chi connectivity index (χ2n) is 3.76. The molecule has 0 aliphatic rings. The SMILES string of the molecule is CCC(Nc1cccc(-c2nn[nH]n2)c1)C(=O)O. The average molecular weight is 247 g/mol. The number of carbonyl (C=O) groups is 1. The molecule has 1 unspecified atom stereocenters. The molecule has 0 fully saturated rings. The number of hydrogen-bond donors (Lipinski definition) is 3. The van der Waals surface area contributed by atoms with Crippen LogP contribution in [-0.4, -0.2) is 37.7 Å². The first-order valence-electron chi connectivity index (χ1n) is 5.54. The van der Waals surface area contributed by atoms with E-state index in [2.05, 4.69) is 25.9 Å². The fraction of sp³-hybridized carbons (Fsp3) is 0.273. The molecule has 2 rings (SSSR count). The molecule has 7 heteroatoms. The maximum absolute atomic E-state index is 10.9. The summed E-state index contributed by atoms with van der Waals surface area (Å²) in [4.78, 5) is 10.9. The van der Waals surface area contributed by atoms with Gasteiger partial charge >= 0.3 is 5.97 Å². The number of anilines is 1. The maximum atomic E-state index is 10.9. The van der Waals surface area contributed by atoms with E-state index < -0.39 is 12.0 Å². The van der Waals surface area contributed by atoms with E-state index >= 15 is 0 Å². The van der Waals surface area contributed by atoms with Crippen LogP contribution in [0.25, 0.3) is 11.4 Å². The quantitative estimate of drug-likeness (QED) is 0.732. The van der Waals surface area contributed by atoms with Crippen molar-refractivity contribution in [3.63, 3.8) is 0 Å². The molecule has 1 atom stereocenters. The number of aromatic amines is 1. The maximum Gasteiger partial charge on any atom is 0.326 e. The molecule has 1 aromatic carbocycles. The largest absolute Gasteiger partial charge is 0.480 e. The summed E-state index contributed by atoms with van der Waals surface area (Å²) >= 11 is 0. The number of carboxylic acid groups (broad SMARTS) is 1. The van der Waals surface area contributed by atoms with Crippen LogP contribution in [0.5, 0.6) is 0 Å². The summed E-state index contributed by atoms with van der Waals surface area (Å²) in [5, 5.41) is 25.5. The summed E-state index contributed by atoms with van der Waals surface area (Å²) in [6.45, 7) is 1.81. The van der Waals surface area contributed by atoms with E-state index in [9.17, 15) is 4.79 Å². The van der Waals surface area contributed by atoms with Crippen molar-refractivity contribution in [1.82, 2.24) is 20.6 Å². The van der Waals surface area contributed by atoms with Gasteiger partial charge < -0.3 is 10.4 Å². The Labute approximate surface area is 103 Å². The van der Waals surface area contributed by atoms with Crippen LogP contribution in [0.3, 0.4) is 0 Å². The van der Waals surface area contributed by atoms with E-state index in [1.54, 1.807) is 12.1 Å². The lowest BCUT2D eigenvalue weighted by molar-refractivity contribution is -0.137. The number of nitrogens with zero attached hydrogens (tertiary/aromatic N) is 3. The monoisotopic (exact) mass is 247 g/mol. The van der Waals surface area contributed by atoms with Crippen LogP contribution in [0, 0.1) is 0 Å². The lowest BCUT2D eigenvalue weighted by Crippen LogP contribution is -2.28. The van der Waals surface area contributed by atoms with Crippen molar-refractivity contribution in [2.45, 2.75) is 19.4 Å². The zero-order valence-corrected chi connectivity index (χ0v) is 9.79. The third-order valence-corrected chi connectivity index (χ3v) is 2.51. The Hall–Kier alpha value is -2.44. The third-order valence-electron chi connectivity index (χ3n) is 2.51. The number of benzene rings is 1. The summed E-state index contributed by atoms with van der Waals surface area (Å²) in [5.74, 6) is -0.399. The topological polar surface area (TPSA) is 104 Å². The smallest absolute Gasteiger partial charge is 0.326 e. The molecule has 1 heterocycles. The van der Waals surface area contributed by atoms with Crippen LogP contribution in [0.2, 0.25) is 0 Å². The Morgan fingerprint density at radius 3 is 3.00 bits per heavy atom. The molecule has 0 aliphatic carbocycles. The Kier molecular flexibility index (Phi) is 3.52. The molecule has 3 N–H and O–H groups in total. The zero-order chi connectivity index (χ0) is 13.0. The Balaban J connectivity index is 2.20. The van der Waals surface area contributed by atoms with Crippen LogP contribution in [-0.2, 0) is 4.79 Å². The van der Waals surface area contributed by atoms with Crippen molar-refractivity contribution < 1.29 is 9.90 Å². The Bertz CT molecular complexity index is 526. The van der Waals surface area contributed by atoms with Crippen molar-refractivity contribution in [2.75, 3.05) is 5.32 Å². The molecule has 0 bridgehead atoms. The molecule has 0 amide bonds. The Morgan fingerprint density at radius 2 is 2.39 bits per heavy atom. The van der Waals surface area contributed by atoms with Crippen LogP contribution >= 0.6 is 0 Å². The van der Waals surface area contributed by atoms with Gasteiger partial charge in [0.05, 0.1) is 0 Å². The summed E-state index contributed by atoms with van der Waals surface area (Å²) in [6, 6.07) is 6.62. The van der Waals surface area contributed by atoms with E-state index in [0.29, 0.717) is 17.9 Å². The van der Waals surface area contributed by atoms with Gasteiger partial charge in [0.2, 0.25) is 5.82 Å². The average Bonchev–Trinajstić information content (AvgIpc) is 2.90. The fourth-order valence-electron chi connectivity index (χ4n) is 1.57. The van der Waals surface area contributed by atoms with Crippen molar-refractivity contribution in [2.24, 2.45) is 0 Å². The van der Waals surface area contributed by atoms with Crippen LogP contribution < -0.4 is 5.32 Å². The van der Waals surface area contributed by atoms with Crippen LogP contribution in [0.15, 0.2) is 24.3 Å². The number of H-pyrrole nitrogens is 1. The lowest BCUT2D eigenvalue weighted by atomic mass is 10.1. The number of hydrogen-bond acceptors (Lipinski definition) is 5. The zero-order valence-electron chi connectivity index (χ0n) is 9.79. The van der Waals surface area contributed by atoms with Crippen molar-refractivity contribution in [3.05, 3.63) is 24.3 Å². The van der Waals surface area contributed by atoms with Gasteiger partial charge in [0.25, 0.3) is 0 Å². The van der Waals surface area contributed by atoms with Gasteiger partial charge in [-0.2, -0.15) is 5.21 Å². The van der Waals surface area contributed by atoms with Gasteiger partial charge in [-0.25, -0.2) is 4.79 Å². The molecule has 1 aromatic heterocycles. The number of aromatic nitrogens is 4. The molecule has 94 valence electrons. The minimum atomic E-state index is -0.873. The minimum Gasteiger partial charge on any atom is -0.480 e. The molecule has 0 aliphatic heterocycles. The third kappa shape index (κ3) is 2.62. The van der Waals surface area contributed by atoms with Gasteiger partial charge in [-0.05, 0) is 23.8 Å². The van der Waals surface area contributed by atoms with Crippen LogP contribution in [0.4, 0.5) is 5.69 Å². The summed E-state index contributed by atoms with van der Waals surface area (Å²) in [6.07, 6.45) is 0.502. The number of aliphatic carboxylic acids is 1. The predicted molar refractivity (Wildman–Crippen MR) is 65.0 cm³/mol. The van der Waals surface area contributed by atoms with Gasteiger partial charge in [0.15, 0.2) is 0 Å². The van der Waals surface area contributed by atoms with Gasteiger partial charge in [0.1, 0.15) is 6.04 Å². The fourth-order valence-corrected chi connectivity index (χ4v) is 1.57. The summed E-state index contributed by atoms with van der Waals surface area (Å²) in [5.41, 5.74) is 1.49. The van der Waals surface area contributed by atoms with E-state index in [4.69, 9.17) is 5.11 Å². The highest BCUT2D eigenvalue weighted by Gasteiger charge is 2.14. The molecular weight excluding hydrogens is 234 g/mol. The first kappa shape index (κ1) is 12.0. The molecule has 0 radical (unpaired) electrons. The van der Waals surface area contributed by atoms with E-state index in [1.807, 2.05) is 19.1 Å². The number of nitrogens with one attached hydrogen (secondary N) is 2. The molecule has 0 spiro atoms. The molecule has 7 nitrogen and oxygen atoms in total. The lowest BCUT2D eigenvalue weighted by Gasteiger charge is -2.13. The molecular formula is C11H13N5O2. The standard InChI is InChI=1S/C11H13N5O2/c1-2-9(11(17)18)12-8-5-3-4-7(6-8)10-13-15-16-14-10/h3-6,9,12H,2H2,1H3,(H,17,18)(H,13,14,15,16). The van der Waals surface area contributed by atoms with E-state index in [-0.39, 0.29) is 0 Å². The molecule has 2 aromatic rings. The van der Waals surface area contributed by atoms with Gasteiger partial charge in [-0.3, -0.25) is 0 Å². The highest BCUT2D eigenvalue weighted by Crippen LogP contribution is 2.19. The van der Waals surface area contributed by atoms with Crippen LogP contribution in [0.1, 0.15) is 13.3 Å². The molecule has 0 saturated heterocycles. The second kappa shape index (κ2) is 5.26. The molecule has 18 heavy (non-hydrogen) atoms. The van der Waals surface area contributed by atoms with E-state index in [0.717, 1.165) is 5.56 Å². The number of rotatable bonds is 5.